The molecule has 48 heavy (non-hydrogen) atoms. The Balaban J connectivity index is 1.39. The highest BCUT2D eigenvalue weighted by Gasteiger charge is 2.38. The molecule has 2 atom stereocenters. The van der Waals surface area contributed by atoms with Crippen LogP contribution < -0.4 is 19.1 Å². The summed E-state index contributed by atoms with van der Waals surface area (Å²) in [5, 5.41) is 20.9. The molecule has 14 heteroatoms. The zero-order chi connectivity index (χ0) is 33.9. The van der Waals surface area contributed by atoms with Crippen molar-refractivity contribution in [2.24, 2.45) is 5.92 Å². The Morgan fingerprint density at radius 1 is 1.08 bits per heavy atom. The Kier molecular flexibility index (Phi) is 10.3. The Bertz CT molecular complexity index is 1780. The lowest BCUT2D eigenvalue weighted by Crippen LogP contribution is -2.53. The Morgan fingerprint density at radius 3 is 2.42 bits per heavy atom. The number of nitrogens with zero attached hydrogens (tertiary/aromatic N) is 4. The van der Waals surface area contributed by atoms with Gasteiger partial charge in [-0.15, -0.1) is 11.3 Å². The highest BCUT2D eigenvalue weighted by molar-refractivity contribution is 7.14. The molecular weight excluding hydrogens is 679 g/mol. The van der Waals surface area contributed by atoms with Crippen LogP contribution in [0.1, 0.15) is 50.0 Å². The molecule has 3 saturated heterocycles. The minimum Gasteiger partial charge on any atom is -0.493 e. The van der Waals surface area contributed by atoms with Gasteiger partial charge in [-0.05, 0) is 79.7 Å². The Hall–Kier alpha value is -4.10. The van der Waals surface area contributed by atoms with Crippen LogP contribution in [-0.2, 0) is 17.7 Å². The summed E-state index contributed by atoms with van der Waals surface area (Å²) in [6.45, 7) is 2.77. The van der Waals surface area contributed by atoms with Gasteiger partial charge in [0.2, 0.25) is 12.4 Å². The molecule has 0 unspecified atom stereocenters. The van der Waals surface area contributed by atoms with Crippen LogP contribution in [0.2, 0.25) is 10.0 Å². The number of aromatic nitrogens is 2. The second kappa shape index (κ2) is 14.6. The van der Waals surface area contributed by atoms with Crippen LogP contribution in [0.25, 0.3) is 0 Å². The van der Waals surface area contributed by atoms with E-state index in [1.165, 1.54) is 31.5 Å². The predicted octanol–water partition coefficient (Wildman–Crippen LogP) is 6.30. The van der Waals surface area contributed by atoms with Gasteiger partial charge in [0, 0.05) is 33.8 Å². The summed E-state index contributed by atoms with van der Waals surface area (Å²) in [6, 6.07) is 12.4. The van der Waals surface area contributed by atoms with Crippen LogP contribution in [0.3, 0.4) is 0 Å². The molecule has 3 aromatic heterocycles. The number of hydrogen-bond acceptors (Lipinski definition) is 9. The molecule has 0 aliphatic carbocycles. The number of carbonyl (C=O) groups excluding carboxylic acids is 1. The lowest BCUT2D eigenvalue weighted by molar-refractivity contribution is -0.904. The number of hydrogen-bond donors (Lipinski definition) is 2. The van der Waals surface area contributed by atoms with Crippen LogP contribution >= 0.6 is 34.5 Å². The smallest absolute Gasteiger partial charge is 0.416 e. The third kappa shape index (κ3) is 7.17. The van der Waals surface area contributed by atoms with Gasteiger partial charge in [-0.25, -0.2) is 14.6 Å². The van der Waals surface area contributed by atoms with E-state index in [4.69, 9.17) is 37.4 Å². The summed E-state index contributed by atoms with van der Waals surface area (Å²) in [5.41, 5.74) is 1.73. The van der Waals surface area contributed by atoms with Crippen molar-refractivity contribution >= 4 is 52.4 Å². The van der Waals surface area contributed by atoms with Gasteiger partial charge in [-0.1, -0.05) is 35.3 Å². The number of carbonyl (C=O) groups is 2. The molecule has 3 fully saturated rings. The van der Waals surface area contributed by atoms with Crippen molar-refractivity contribution in [1.29, 1.82) is 0 Å². The van der Waals surface area contributed by atoms with Gasteiger partial charge in [-0.2, -0.15) is 0 Å². The number of piperidine rings is 3. The molecule has 0 saturated carbocycles. The molecule has 0 radical (unpaired) electrons. The zero-order valence-corrected chi connectivity index (χ0v) is 28.7. The molecule has 3 aliphatic heterocycles. The van der Waals surface area contributed by atoms with E-state index >= 15 is 0 Å². The van der Waals surface area contributed by atoms with E-state index in [9.17, 15) is 19.9 Å². The van der Waals surface area contributed by atoms with E-state index < -0.39 is 18.0 Å². The summed E-state index contributed by atoms with van der Waals surface area (Å²) in [5.74, 6) is -0.0171. The van der Waals surface area contributed by atoms with Crippen molar-refractivity contribution in [2.45, 2.75) is 37.8 Å². The van der Waals surface area contributed by atoms with Gasteiger partial charge >= 0.3 is 12.1 Å². The van der Waals surface area contributed by atoms with E-state index in [1.54, 1.807) is 42.6 Å². The number of methoxy groups -OCH3 is 2. The van der Waals surface area contributed by atoms with Gasteiger partial charge in [-0.3, -0.25) is 15.0 Å². The highest BCUT2D eigenvalue weighted by Crippen LogP contribution is 2.41. The van der Waals surface area contributed by atoms with E-state index in [1.807, 2.05) is 6.07 Å². The standard InChI is InChI=1S/C34H34Cl2N4O7S/c1-45-28-7-6-21(13-29(28)46-2)23(15-25-26(35)17-39(44)18-27(25)36)24-14-22(48-32(24)33(41)42)16-40(31-5-3-4-10-37-31)34(43)47-30-19-38-11-8-20(30)9-12-38/h3-7,10,13-14,17-18,20,23,30H,8-9,11-12,15-16,19H2,1-2H3,(H-,41,42,44)/p+1/t23-,30-/m0/s1. The maximum absolute atomic E-state index is 13.8. The first-order valence-electron chi connectivity index (χ1n) is 15.4. The number of fused-ring (bicyclic) bond motifs is 3. The number of amides is 1. The maximum atomic E-state index is 13.8. The molecule has 1 aromatic carbocycles. The van der Waals surface area contributed by atoms with E-state index in [2.05, 4.69) is 9.88 Å². The molecule has 4 aromatic rings. The van der Waals surface area contributed by atoms with Crippen molar-refractivity contribution in [3.05, 3.63) is 97.5 Å². The fraction of sp³-hybridized carbons (Fsp3) is 0.353. The number of thiophene rings is 1. The summed E-state index contributed by atoms with van der Waals surface area (Å²) in [4.78, 5) is 35.5. The van der Waals surface area contributed by atoms with Gasteiger partial charge < -0.3 is 19.3 Å². The minimum absolute atomic E-state index is 0.0396. The van der Waals surface area contributed by atoms with Crippen molar-refractivity contribution in [2.75, 3.05) is 38.8 Å². The fourth-order valence-corrected chi connectivity index (χ4v) is 8.18. The first-order chi connectivity index (χ1) is 23.1. The molecule has 7 rings (SSSR count). The normalized spacial score (nSPS) is 19.0. The number of carboxylic acid groups (broad SMARTS) is 1. The SMILES string of the molecule is COc1ccc([C@H](Cc2c(Cl)c[n+](O)cc2Cl)c2cc(CN(C(=O)O[C@H]3CN4CCC3CC4)c3ccccn3)sc2C(=O)O)cc1OC. The topological polar surface area (TPSA) is 126 Å². The van der Waals surface area contributed by atoms with Crippen molar-refractivity contribution < 1.29 is 38.8 Å². The van der Waals surface area contributed by atoms with E-state index in [0.717, 1.165) is 47.6 Å². The molecule has 2 bridgehead atoms. The van der Waals surface area contributed by atoms with E-state index in [-0.39, 0.29) is 34.0 Å². The average Bonchev–Trinajstić information content (AvgIpc) is 3.51. The predicted molar refractivity (Wildman–Crippen MR) is 180 cm³/mol. The lowest BCUT2D eigenvalue weighted by Gasteiger charge is -2.44. The largest absolute Gasteiger partial charge is 0.493 e. The number of halogens is 2. The van der Waals surface area contributed by atoms with E-state index in [0.29, 0.717) is 45.8 Å². The summed E-state index contributed by atoms with van der Waals surface area (Å²) in [7, 11) is 3.05. The number of ether oxygens (including phenoxy) is 3. The Morgan fingerprint density at radius 2 is 1.81 bits per heavy atom. The quantitative estimate of drug-likeness (QED) is 0.136. The molecule has 252 valence electrons. The molecule has 1 amide bonds. The number of aromatic carboxylic acids is 1. The molecule has 6 heterocycles. The zero-order valence-electron chi connectivity index (χ0n) is 26.3. The molecule has 2 N–H and O–H groups in total. The summed E-state index contributed by atoms with van der Waals surface area (Å²) < 4.78 is 17.9. The molecular formula is C34H35Cl2N4O7S+. The Labute approximate surface area is 291 Å². The van der Waals surface area contributed by atoms with Gasteiger partial charge in [0.25, 0.3) is 0 Å². The first-order valence-corrected chi connectivity index (χ1v) is 17.0. The fourth-order valence-electron chi connectivity index (χ4n) is 6.52. The van der Waals surface area contributed by atoms with Gasteiger partial charge in [0.15, 0.2) is 11.5 Å². The highest BCUT2D eigenvalue weighted by atomic mass is 35.5. The average molecular weight is 715 g/mol. The molecule has 0 spiro atoms. The summed E-state index contributed by atoms with van der Waals surface area (Å²) in [6.07, 6.45) is 5.65. The maximum Gasteiger partial charge on any atom is 0.416 e. The van der Waals surface area contributed by atoms with Crippen molar-refractivity contribution in [1.82, 2.24) is 9.88 Å². The second-order valence-electron chi connectivity index (χ2n) is 11.8. The third-order valence-corrected chi connectivity index (χ3v) is 10.8. The number of benzene rings is 1. The molecule has 11 nitrogen and oxygen atoms in total. The summed E-state index contributed by atoms with van der Waals surface area (Å²) >= 11 is 14.2. The lowest BCUT2D eigenvalue weighted by atomic mass is 9.85. The van der Waals surface area contributed by atoms with Crippen molar-refractivity contribution in [3.8, 4) is 11.5 Å². The van der Waals surface area contributed by atoms with Crippen LogP contribution in [0, 0.1) is 5.92 Å². The van der Waals surface area contributed by atoms with Crippen LogP contribution in [0.4, 0.5) is 10.6 Å². The third-order valence-electron chi connectivity index (χ3n) is 8.98. The van der Waals surface area contributed by atoms with Gasteiger partial charge in [0.1, 0.15) is 26.8 Å². The van der Waals surface area contributed by atoms with Crippen LogP contribution in [-0.4, -0.2) is 72.2 Å². The van der Waals surface area contributed by atoms with Crippen molar-refractivity contribution in [3.63, 3.8) is 0 Å². The van der Waals surface area contributed by atoms with Crippen LogP contribution in [0.15, 0.2) is 61.1 Å². The number of rotatable bonds is 11. The number of anilines is 1. The van der Waals surface area contributed by atoms with Crippen LogP contribution in [0.5, 0.6) is 11.5 Å². The molecule has 3 aliphatic rings. The first kappa shape index (κ1) is 33.8. The number of pyridine rings is 2. The minimum atomic E-state index is -1.12. The second-order valence-corrected chi connectivity index (χ2v) is 13.8. The van der Waals surface area contributed by atoms with Gasteiger partial charge in [0.05, 0.1) is 20.8 Å². The monoisotopic (exact) mass is 713 g/mol. The number of carboxylic acids is 1.